The highest BCUT2D eigenvalue weighted by Crippen LogP contribution is 2.37. The van der Waals surface area contributed by atoms with E-state index in [1.54, 1.807) is 12.1 Å². The van der Waals surface area contributed by atoms with Crippen molar-refractivity contribution in [1.29, 1.82) is 0 Å². The summed E-state index contributed by atoms with van der Waals surface area (Å²) in [7, 11) is 1.92. The molecule has 3 N–H and O–H groups in total. The normalized spacial score (nSPS) is 18.6. The van der Waals surface area contributed by atoms with E-state index < -0.39 is 0 Å². The Morgan fingerprint density at radius 2 is 1.89 bits per heavy atom. The second-order valence-electron chi connectivity index (χ2n) is 6.57. The van der Waals surface area contributed by atoms with Crippen molar-refractivity contribution in [2.24, 2.45) is 5.92 Å². The Morgan fingerprint density at radius 3 is 2.56 bits per heavy atom. The molecule has 2 aromatic carbocycles. The van der Waals surface area contributed by atoms with Gasteiger partial charge in [-0.05, 0) is 49.7 Å². The third-order valence-corrected chi connectivity index (χ3v) is 5.60. The second kappa shape index (κ2) is 8.07. The number of hydrogen-bond acceptors (Lipinski definition) is 3. The molecule has 27 heavy (non-hydrogen) atoms. The zero-order valence-corrected chi connectivity index (χ0v) is 16.9. The van der Waals surface area contributed by atoms with Crippen molar-refractivity contribution in [3.05, 3.63) is 46.4 Å². The largest absolute Gasteiger partial charge is 0.317 e. The first-order chi connectivity index (χ1) is 12.6. The number of hydrogen-bond donors (Lipinski definition) is 3. The van der Waals surface area contributed by atoms with E-state index >= 15 is 0 Å². The van der Waals surface area contributed by atoms with E-state index in [0.717, 1.165) is 34.9 Å². The fourth-order valence-electron chi connectivity index (χ4n) is 3.32. The monoisotopic (exact) mass is 424 g/mol. The minimum absolute atomic E-state index is 0. The molecule has 0 spiro atoms. The molecule has 1 saturated carbocycles. The Labute approximate surface area is 173 Å². The first kappa shape index (κ1) is 20.0. The number of carbonyl (C=O) groups is 1. The Morgan fingerprint density at radius 1 is 1.19 bits per heavy atom. The van der Waals surface area contributed by atoms with Crippen LogP contribution in [0.5, 0.6) is 0 Å². The van der Waals surface area contributed by atoms with Crippen molar-refractivity contribution >= 4 is 58.2 Å². The number of anilines is 1. The van der Waals surface area contributed by atoms with Crippen LogP contribution in [0.15, 0.2) is 36.4 Å². The number of amides is 1. The van der Waals surface area contributed by atoms with E-state index in [1.807, 2.05) is 31.3 Å². The number of benzene rings is 2. The first-order valence-corrected chi connectivity index (χ1v) is 9.23. The topological polar surface area (TPSA) is 69.8 Å². The number of nitrogens with one attached hydrogen (secondary N) is 3. The predicted molar refractivity (Wildman–Crippen MR) is 113 cm³/mol. The molecule has 8 heteroatoms. The number of carbonyl (C=O) groups excluding carboxylic acids is 1. The summed E-state index contributed by atoms with van der Waals surface area (Å²) < 4.78 is 0. The van der Waals surface area contributed by atoms with Gasteiger partial charge in [0.05, 0.1) is 5.52 Å². The van der Waals surface area contributed by atoms with Gasteiger partial charge in [0.1, 0.15) is 0 Å². The Kier molecular flexibility index (Phi) is 5.96. The number of H-pyrrole nitrogens is 1. The molecule has 0 atom stereocenters. The highest BCUT2D eigenvalue weighted by atomic mass is 35.5. The average molecular weight is 426 g/mol. The van der Waals surface area contributed by atoms with Crippen LogP contribution in [0.25, 0.3) is 22.0 Å². The van der Waals surface area contributed by atoms with Crippen LogP contribution in [0, 0.1) is 5.92 Å². The van der Waals surface area contributed by atoms with Crippen LogP contribution < -0.4 is 10.6 Å². The van der Waals surface area contributed by atoms with E-state index in [4.69, 9.17) is 23.2 Å². The van der Waals surface area contributed by atoms with Gasteiger partial charge in [0.15, 0.2) is 5.82 Å². The molecule has 1 aliphatic rings. The van der Waals surface area contributed by atoms with Gasteiger partial charge >= 0.3 is 0 Å². The summed E-state index contributed by atoms with van der Waals surface area (Å²) >= 11 is 12.7. The molecule has 1 heterocycles. The second-order valence-corrected chi connectivity index (χ2v) is 7.39. The highest BCUT2D eigenvalue weighted by molar-refractivity contribution is 6.39. The minimum Gasteiger partial charge on any atom is -0.317 e. The summed E-state index contributed by atoms with van der Waals surface area (Å²) in [6.07, 6.45) is 1.70. The molecule has 0 radical (unpaired) electrons. The SMILES string of the molecule is CNC1CC(C(=O)Nc2n[nH]c3ccc(-c4c(Cl)cccc4Cl)cc23)C1.Cl. The standard InChI is InChI=1S/C19H18Cl2N4O.ClH/c1-22-12-7-11(8-12)19(26)23-18-13-9-10(5-6-16(13)24-25-18)17-14(20)3-2-4-15(17)21;/h2-6,9,11-12,22H,7-8H2,1H3,(H2,23,24,25,26);1H. The smallest absolute Gasteiger partial charge is 0.228 e. The van der Waals surface area contributed by atoms with Gasteiger partial charge in [0.25, 0.3) is 0 Å². The van der Waals surface area contributed by atoms with E-state index in [0.29, 0.717) is 21.9 Å². The van der Waals surface area contributed by atoms with Gasteiger partial charge in [-0.2, -0.15) is 5.10 Å². The summed E-state index contributed by atoms with van der Waals surface area (Å²) in [5, 5.41) is 15.3. The van der Waals surface area contributed by atoms with Crippen molar-refractivity contribution in [2.75, 3.05) is 12.4 Å². The molecule has 1 fully saturated rings. The molecule has 4 rings (SSSR count). The zero-order chi connectivity index (χ0) is 18.3. The molecule has 1 amide bonds. The molecular formula is C19H19Cl3N4O. The van der Waals surface area contributed by atoms with Gasteiger partial charge in [-0.3, -0.25) is 9.89 Å². The summed E-state index contributed by atoms with van der Waals surface area (Å²) in [4.78, 5) is 12.4. The molecular weight excluding hydrogens is 407 g/mol. The van der Waals surface area contributed by atoms with Crippen molar-refractivity contribution in [3.8, 4) is 11.1 Å². The lowest BCUT2D eigenvalue weighted by Crippen LogP contribution is -2.44. The molecule has 5 nitrogen and oxygen atoms in total. The van der Waals surface area contributed by atoms with Gasteiger partial charge in [-0.15, -0.1) is 12.4 Å². The van der Waals surface area contributed by atoms with Crippen LogP contribution in [-0.2, 0) is 4.79 Å². The molecule has 3 aromatic rings. The van der Waals surface area contributed by atoms with Gasteiger partial charge < -0.3 is 10.6 Å². The summed E-state index contributed by atoms with van der Waals surface area (Å²) in [5.41, 5.74) is 2.49. The maximum atomic E-state index is 12.4. The lowest BCUT2D eigenvalue weighted by molar-refractivity contribution is -0.122. The van der Waals surface area contributed by atoms with Crippen LogP contribution in [0.4, 0.5) is 5.82 Å². The van der Waals surface area contributed by atoms with E-state index in [9.17, 15) is 4.79 Å². The van der Waals surface area contributed by atoms with E-state index in [2.05, 4.69) is 20.8 Å². The summed E-state index contributed by atoms with van der Waals surface area (Å²) in [6.45, 7) is 0. The number of aromatic nitrogens is 2. The number of aromatic amines is 1. The van der Waals surface area contributed by atoms with Crippen LogP contribution in [0.2, 0.25) is 10.0 Å². The van der Waals surface area contributed by atoms with Gasteiger partial charge in [0, 0.05) is 33.0 Å². The van der Waals surface area contributed by atoms with Gasteiger partial charge in [0.2, 0.25) is 5.91 Å². The third-order valence-electron chi connectivity index (χ3n) is 4.97. The fourth-order valence-corrected chi connectivity index (χ4v) is 3.94. The van der Waals surface area contributed by atoms with Crippen LogP contribution >= 0.6 is 35.6 Å². The highest BCUT2D eigenvalue weighted by Gasteiger charge is 2.33. The summed E-state index contributed by atoms with van der Waals surface area (Å²) in [6, 6.07) is 11.6. The maximum Gasteiger partial charge on any atom is 0.228 e. The molecule has 0 bridgehead atoms. The fraction of sp³-hybridized carbons (Fsp3) is 0.263. The molecule has 0 unspecified atom stereocenters. The molecule has 0 aliphatic heterocycles. The Balaban J connectivity index is 0.00000210. The van der Waals surface area contributed by atoms with Crippen molar-refractivity contribution in [3.63, 3.8) is 0 Å². The number of rotatable bonds is 4. The third kappa shape index (κ3) is 3.78. The van der Waals surface area contributed by atoms with Gasteiger partial charge in [-0.25, -0.2) is 0 Å². The summed E-state index contributed by atoms with van der Waals surface area (Å²) in [5.74, 6) is 0.564. The molecule has 1 aliphatic carbocycles. The van der Waals surface area contributed by atoms with E-state index in [-0.39, 0.29) is 24.2 Å². The Hall–Kier alpha value is -1.79. The first-order valence-electron chi connectivity index (χ1n) is 8.47. The van der Waals surface area contributed by atoms with E-state index in [1.165, 1.54) is 0 Å². The Bertz CT molecular complexity index is 962. The van der Waals surface area contributed by atoms with Crippen LogP contribution in [0.1, 0.15) is 12.8 Å². The maximum absolute atomic E-state index is 12.4. The van der Waals surface area contributed by atoms with Crippen LogP contribution in [-0.4, -0.2) is 29.2 Å². The minimum atomic E-state index is 0. The number of halogens is 3. The lowest BCUT2D eigenvalue weighted by Gasteiger charge is -2.33. The average Bonchev–Trinajstić information content (AvgIpc) is 2.96. The lowest BCUT2D eigenvalue weighted by atomic mass is 9.80. The van der Waals surface area contributed by atoms with Crippen molar-refractivity contribution in [1.82, 2.24) is 15.5 Å². The number of nitrogens with zero attached hydrogens (tertiary/aromatic N) is 1. The predicted octanol–water partition coefficient (Wildman–Crippen LogP) is 4.90. The molecule has 142 valence electrons. The molecule has 1 aromatic heterocycles. The van der Waals surface area contributed by atoms with Crippen molar-refractivity contribution in [2.45, 2.75) is 18.9 Å². The van der Waals surface area contributed by atoms with Crippen molar-refractivity contribution < 1.29 is 4.79 Å². The van der Waals surface area contributed by atoms with Gasteiger partial charge in [-0.1, -0.05) is 35.3 Å². The van der Waals surface area contributed by atoms with Crippen LogP contribution in [0.3, 0.4) is 0 Å². The quantitative estimate of drug-likeness (QED) is 0.557. The molecule has 0 saturated heterocycles. The number of fused-ring (bicyclic) bond motifs is 1. The zero-order valence-electron chi connectivity index (χ0n) is 14.6.